The Balaban J connectivity index is 1.99. The van der Waals surface area contributed by atoms with Crippen LogP contribution in [0.1, 0.15) is 16.8 Å². The second-order valence-corrected chi connectivity index (χ2v) is 7.93. The van der Waals surface area contributed by atoms with Crippen LogP contribution in [0.4, 0.5) is 0 Å². The van der Waals surface area contributed by atoms with Crippen molar-refractivity contribution >= 4 is 26.0 Å². The van der Waals surface area contributed by atoms with E-state index < -0.39 is 10.0 Å². The van der Waals surface area contributed by atoms with E-state index in [0.717, 1.165) is 21.3 Å². The van der Waals surface area contributed by atoms with Gasteiger partial charge in [-0.2, -0.15) is 4.31 Å². The summed E-state index contributed by atoms with van der Waals surface area (Å²) in [6.07, 6.45) is 2.41. The van der Waals surface area contributed by atoms with Gasteiger partial charge in [0.05, 0.1) is 4.90 Å². The van der Waals surface area contributed by atoms with Crippen molar-refractivity contribution in [3.63, 3.8) is 0 Å². The van der Waals surface area contributed by atoms with E-state index in [1.165, 1.54) is 4.31 Å². The Hall–Kier alpha value is -1.24. The van der Waals surface area contributed by atoms with Crippen molar-refractivity contribution in [2.45, 2.75) is 24.8 Å². The van der Waals surface area contributed by atoms with E-state index in [1.54, 1.807) is 12.3 Å². The SMILES string of the molecule is Cc1ccc(Br)cc1S(=O)(=O)N1CCc2ncccc2C1. The number of benzene rings is 1. The zero-order chi connectivity index (χ0) is 15.0. The van der Waals surface area contributed by atoms with Crippen LogP contribution in [-0.4, -0.2) is 24.3 Å². The third-order valence-electron chi connectivity index (χ3n) is 3.70. The van der Waals surface area contributed by atoms with Gasteiger partial charge in [0, 0.05) is 35.9 Å². The maximum Gasteiger partial charge on any atom is 0.243 e. The average molecular weight is 367 g/mol. The van der Waals surface area contributed by atoms with Crippen LogP contribution in [0.25, 0.3) is 0 Å². The van der Waals surface area contributed by atoms with Crippen LogP contribution in [0, 0.1) is 6.92 Å². The molecule has 0 spiro atoms. The highest BCUT2D eigenvalue weighted by Gasteiger charge is 2.29. The van der Waals surface area contributed by atoms with Crippen molar-refractivity contribution in [1.82, 2.24) is 9.29 Å². The molecule has 0 saturated carbocycles. The number of sulfonamides is 1. The van der Waals surface area contributed by atoms with E-state index in [1.807, 2.05) is 31.2 Å². The number of pyridine rings is 1. The Labute approximate surface area is 133 Å². The van der Waals surface area contributed by atoms with Gasteiger partial charge in [-0.3, -0.25) is 4.98 Å². The molecule has 1 aromatic heterocycles. The highest BCUT2D eigenvalue weighted by molar-refractivity contribution is 9.10. The summed E-state index contributed by atoms with van der Waals surface area (Å²) < 4.78 is 28.0. The number of halogens is 1. The van der Waals surface area contributed by atoms with Gasteiger partial charge >= 0.3 is 0 Å². The Bertz CT molecular complexity index is 790. The quantitative estimate of drug-likeness (QED) is 0.820. The maximum atomic E-state index is 12.9. The van der Waals surface area contributed by atoms with E-state index in [4.69, 9.17) is 0 Å². The van der Waals surface area contributed by atoms with Crippen LogP contribution in [0.2, 0.25) is 0 Å². The Morgan fingerprint density at radius 1 is 1.29 bits per heavy atom. The first-order valence-electron chi connectivity index (χ1n) is 6.67. The lowest BCUT2D eigenvalue weighted by atomic mass is 10.1. The molecule has 0 N–H and O–H groups in total. The zero-order valence-corrected chi connectivity index (χ0v) is 14.0. The van der Waals surface area contributed by atoms with Crippen molar-refractivity contribution in [2.75, 3.05) is 6.54 Å². The molecule has 21 heavy (non-hydrogen) atoms. The van der Waals surface area contributed by atoms with Gasteiger partial charge in [-0.1, -0.05) is 28.1 Å². The number of aryl methyl sites for hydroxylation is 1. The van der Waals surface area contributed by atoms with Crippen LogP contribution in [0.5, 0.6) is 0 Å². The molecule has 4 nitrogen and oxygen atoms in total. The summed E-state index contributed by atoms with van der Waals surface area (Å²) in [5.41, 5.74) is 2.74. The molecular weight excluding hydrogens is 352 g/mol. The average Bonchev–Trinajstić information content (AvgIpc) is 2.49. The van der Waals surface area contributed by atoms with E-state index >= 15 is 0 Å². The number of rotatable bonds is 2. The molecule has 2 aromatic rings. The smallest absolute Gasteiger partial charge is 0.243 e. The van der Waals surface area contributed by atoms with Crippen molar-refractivity contribution < 1.29 is 8.42 Å². The first-order chi connectivity index (χ1) is 9.98. The minimum Gasteiger partial charge on any atom is -0.261 e. The molecule has 0 amide bonds. The largest absolute Gasteiger partial charge is 0.261 e. The molecule has 1 aromatic carbocycles. The van der Waals surface area contributed by atoms with E-state index in [0.29, 0.717) is 24.4 Å². The third-order valence-corrected chi connectivity index (χ3v) is 6.18. The van der Waals surface area contributed by atoms with Crippen molar-refractivity contribution in [3.05, 3.63) is 57.8 Å². The highest BCUT2D eigenvalue weighted by Crippen LogP contribution is 2.27. The number of fused-ring (bicyclic) bond motifs is 1. The van der Waals surface area contributed by atoms with Crippen LogP contribution >= 0.6 is 15.9 Å². The fraction of sp³-hybridized carbons (Fsp3) is 0.267. The second-order valence-electron chi connectivity index (χ2n) is 5.11. The second kappa shape index (κ2) is 5.51. The predicted molar refractivity (Wildman–Crippen MR) is 84.4 cm³/mol. The van der Waals surface area contributed by atoms with Crippen LogP contribution < -0.4 is 0 Å². The van der Waals surface area contributed by atoms with Crippen LogP contribution in [-0.2, 0) is 23.0 Å². The molecule has 3 rings (SSSR count). The monoisotopic (exact) mass is 366 g/mol. The number of hydrogen-bond acceptors (Lipinski definition) is 3. The molecule has 0 bridgehead atoms. The molecule has 0 atom stereocenters. The molecular formula is C15H15BrN2O2S. The van der Waals surface area contributed by atoms with E-state index in [9.17, 15) is 8.42 Å². The fourth-order valence-electron chi connectivity index (χ4n) is 2.54. The van der Waals surface area contributed by atoms with Gasteiger partial charge in [-0.25, -0.2) is 8.42 Å². The molecule has 0 saturated heterocycles. The normalized spacial score (nSPS) is 15.7. The molecule has 2 heterocycles. The lowest BCUT2D eigenvalue weighted by Crippen LogP contribution is -2.36. The number of nitrogens with zero attached hydrogens (tertiary/aromatic N) is 2. The maximum absolute atomic E-state index is 12.9. The number of hydrogen-bond donors (Lipinski definition) is 0. The topological polar surface area (TPSA) is 50.3 Å². The standard InChI is InChI=1S/C15H15BrN2O2S/c1-11-4-5-13(16)9-15(11)21(19,20)18-8-6-14-12(10-18)3-2-7-17-14/h2-5,7,9H,6,8,10H2,1H3. The Kier molecular flexibility index (Phi) is 3.86. The lowest BCUT2D eigenvalue weighted by molar-refractivity contribution is 0.387. The summed E-state index contributed by atoms with van der Waals surface area (Å²) in [6.45, 7) is 2.68. The molecule has 1 aliphatic heterocycles. The predicted octanol–water partition coefficient (Wildman–Crippen LogP) is 2.90. The molecule has 0 aliphatic carbocycles. The molecule has 0 unspecified atom stereocenters. The minimum atomic E-state index is -3.48. The molecule has 110 valence electrons. The highest BCUT2D eigenvalue weighted by atomic mass is 79.9. The van der Waals surface area contributed by atoms with E-state index in [2.05, 4.69) is 20.9 Å². The summed E-state index contributed by atoms with van der Waals surface area (Å²) in [5, 5.41) is 0. The van der Waals surface area contributed by atoms with Crippen LogP contribution in [0.15, 0.2) is 45.9 Å². The van der Waals surface area contributed by atoms with Crippen molar-refractivity contribution in [3.8, 4) is 0 Å². The summed E-state index contributed by atoms with van der Waals surface area (Å²) in [5.74, 6) is 0. The Morgan fingerprint density at radius 2 is 2.10 bits per heavy atom. The van der Waals surface area contributed by atoms with Gasteiger partial charge in [0.15, 0.2) is 0 Å². The lowest BCUT2D eigenvalue weighted by Gasteiger charge is -2.28. The number of aromatic nitrogens is 1. The minimum absolute atomic E-state index is 0.365. The summed E-state index contributed by atoms with van der Waals surface area (Å²) in [4.78, 5) is 4.68. The zero-order valence-electron chi connectivity index (χ0n) is 11.6. The summed E-state index contributed by atoms with van der Waals surface area (Å²) >= 11 is 3.35. The Morgan fingerprint density at radius 3 is 2.90 bits per heavy atom. The molecule has 0 fully saturated rings. The fourth-order valence-corrected chi connectivity index (χ4v) is 4.72. The van der Waals surface area contributed by atoms with Gasteiger partial charge in [0.2, 0.25) is 10.0 Å². The first kappa shape index (κ1) is 14.7. The first-order valence-corrected chi connectivity index (χ1v) is 8.91. The summed E-state index contributed by atoms with van der Waals surface area (Å²) in [7, 11) is -3.48. The van der Waals surface area contributed by atoms with Gasteiger partial charge < -0.3 is 0 Å². The molecule has 6 heteroatoms. The third kappa shape index (κ3) is 2.75. The van der Waals surface area contributed by atoms with Gasteiger partial charge in [0.1, 0.15) is 0 Å². The van der Waals surface area contributed by atoms with E-state index in [-0.39, 0.29) is 0 Å². The van der Waals surface area contributed by atoms with Crippen molar-refractivity contribution in [1.29, 1.82) is 0 Å². The van der Waals surface area contributed by atoms with Crippen molar-refractivity contribution in [2.24, 2.45) is 0 Å². The molecule has 0 radical (unpaired) electrons. The molecule has 1 aliphatic rings. The van der Waals surface area contributed by atoms with Gasteiger partial charge in [-0.15, -0.1) is 0 Å². The van der Waals surface area contributed by atoms with Gasteiger partial charge in [-0.05, 0) is 36.2 Å². The van der Waals surface area contributed by atoms with Gasteiger partial charge in [0.25, 0.3) is 0 Å². The summed E-state index contributed by atoms with van der Waals surface area (Å²) in [6, 6.07) is 9.13. The van der Waals surface area contributed by atoms with Crippen LogP contribution in [0.3, 0.4) is 0 Å².